The van der Waals surface area contributed by atoms with Crippen LogP contribution in [0.1, 0.15) is 52.9 Å². The van der Waals surface area contributed by atoms with Crippen molar-refractivity contribution in [1.82, 2.24) is 5.32 Å². The maximum Gasteiger partial charge on any atom is 0.337 e. The van der Waals surface area contributed by atoms with E-state index in [-0.39, 0.29) is 18.6 Å². The SMILES string of the molecule is COC(=O)c1ccc(OCC(=O)NC(C)c2ccc3c(c2)CCCC3)cc1. The summed E-state index contributed by atoms with van der Waals surface area (Å²) in [6, 6.07) is 12.9. The lowest BCUT2D eigenvalue weighted by Crippen LogP contribution is -2.31. The smallest absolute Gasteiger partial charge is 0.337 e. The van der Waals surface area contributed by atoms with E-state index in [0.29, 0.717) is 11.3 Å². The number of rotatable bonds is 6. The highest BCUT2D eigenvalue weighted by Gasteiger charge is 2.14. The first kappa shape index (κ1) is 19.0. The quantitative estimate of drug-likeness (QED) is 0.792. The van der Waals surface area contributed by atoms with Gasteiger partial charge < -0.3 is 14.8 Å². The molecule has 1 aliphatic carbocycles. The van der Waals surface area contributed by atoms with E-state index < -0.39 is 5.97 Å². The van der Waals surface area contributed by atoms with Crippen LogP contribution in [0.15, 0.2) is 42.5 Å². The Morgan fingerprint density at radius 2 is 1.74 bits per heavy atom. The number of methoxy groups -OCH3 is 1. The van der Waals surface area contributed by atoms with Crippen LogP contribution in [0.4, 0.5) is 0 Å². The zero-order valence-corrected chi connectivity index (χ0v) is 15.8. The minimum Gasteiger partial charge on any atom is -0.484 e. The Hall–Kier alpha value is -2.82. The van der Waals surface area contributed by atoms with Crippen LogP contribution in [-0.2, 0) is 22.4 Å². The highest BCUT2D eigenvalue weighted by molar-refractivity contribution is 5.89. The van der Waals surface area contributed by atoms with Crippen LogP contribution in [0.5, 0.6) is 5.75 Å². The number of ether oxygens (including phenoxy) is 2. The lowest BCUT2D eigenvalue weighted by atomic mass is 9.89. The molecule has 1 amide bonds. The Kier molecular flexibility index (Phi) is 6.12. The molecule has 3 rings (SSSR count). The van der Waals surface area contributed by atoms with E-state index in [0.717, 1.165) is 18.4 Å². The van der Waals surface area contributed by atoms with Crippen molar-refractivity contribution in [1.29, 1.82) is 0 Å². The van der Waals surface area contributed by atoms with E-state index in [4.69, 9.17) is 4.74 Å². The summed E-state index contributed by atoms with van der Waals surface area (Å²) in [6.45, 7) is 1.90. The highest BCUT2D eigenvalue weighted by atomic mass is 16.5. The second-order valence-corrected chi connectivity index (χ2v) is 6.83. The second-order valence-electron chi connectivity index (χ2n) is 6.83. The van der Waals surface area contributed by atoms with Gasteiger partial charge in [-0.3, -0.25) is 4.79 Å². The van der Waals surface area contributed by atoms with Crippen molar-refractivity contribution >= 4 is 11.9 Å². The molecular formula is C22H25NO4. The molecule has 5 nitrogen and oxygen atoms in total. The van der Waals surface area contributed by atoms with Crippen molar-refractivity contribution in [3.63, 3.8) is 0 Å². The third-order valence-corrected chi connectivity index (χ3v) is 4.90. The highest BCUT2D eigenvalue weighted by Crippen LogP contribution is 2.24. The van der Waals surface area contributed by atoms with Gasteiger partial charge in [0.25, 0.3) is 5.91 Å². The van der Waals surface area contributed by atoms with Crippen LogP contribution in [-0.4, -0.2) is 25.6 Å². The van der Waals surface area contributed by atoms with Gasteiger partial charge >= 0.3 is 5.97 Å². The third-order valence-electron chi connectivity index (χ3n) is 4.90. The monoisotopic (exact) mass is 367 g/mol. The molecule has 1 unspecified atom stereocenters. The number of fused-ring (bicyclic) bond motifs is 1. The van der Waals surface area contributed by atoms with E-state index in [9.17, 15) is 9.59 Å². The van der Waals surface area contributed by atoms with Gasteiger partial charge in [0.05, 0.1) is 18.7 Å². The zero-order chi connectivity index (χ0) is 19.2. The Morgan fingerprint density at radius 1 is 1.04 bits per heavy atom. The van der Waals surface area contributed by atoms with Crippen LogP contribution in [0.25, 0.3) is 0 Å². The van der Waals surface area contributed by atoms with Crippen LogP contribution < -0.4 is 10.1 Å². The normalized spacial score (nSPS) is 14.0. The molecule has 0 radical (unpaired) electrons. The van der Waals surface area contributed by atoms with Gasteiger partial charge in [-0.2, -0.15) is 0 Å². The number of amides is 1. The van der Waals surface area contributed by atoms with E-state index in [1.807, 2.05) is 6.92 Å². The Bertz CT molecular complexity index is 814. The topological polar surface area (TPSA) is 64.6 Å². The molecule has 0 aromatic heterocycles. The Labute approximate surface area is 159 Å². The van der Waals surface area contributed by atoms with Crippen LogP contribution in [0.2, 0.25) is 0 Å². The molecule has 142 valence electrons. The fraction of sp³-hybridized carbons (Fsp3) is 0.364. The zero-order valence-electron chi connectivity index (χ0n) is 15.8. The molecule has 1 atom stereocenters. The summed E-state index contributed by atoms with van der Waals surface area (Å²) >= 11 is 0. The van der Waals surface area contributed by atoms with E-state index >= 15 is 0 Å². The number of nitrogens with one attached hydrogen (secondary N) is 1. The summed E-state index contributed by atoms with van der Waals surface area (Å²) in [5, 5.41) is 2.97. The Balaban J connectivity index is 1.52. The first-order valence-electron chi connectivity index (χ1n) is 9.29. The molecule has 27 heavy (non-hydrogen) atoms. The van der Waals surface area contributed by atoms with Gasteiger partial charge in [0.1, 0.15) is 5.75 Å². The van der Waals surface area contributed by atoms with Gasteiger partial charge in [-0.05, 0) is 73.6 Å². The van der Waals surface area contributed by atoms with Crippen molar-refractivity contribution in [3.8, 4) is 5.75 Å². The molecule has 2 aromatic rings. The fourth-order valence-electron chi connectivity index (χ4n) is 3.34. The standard InChI is InChI=1S/C22H25NO4/c1-15(18-8-7-16-5-3-4-6-19(16)13-18)23-21(24)14-27-20-11-9-17(10-12-20)22(25)26-2/h7-13,15H,3-6,14H2,1-2H3,(H,23,24). The lowest BCUT2D eigenvalue weighted by molar-refractivity contribution is -0.123. The summed E-state index contributed by atoms with van der Waals surface area (Å²) in [7, 11) is 1.33. The van der Waals surface area contributed by atoms with Gasteiger partial charge in [0.15, 0.2) is 6.61 Å². The second kappa shape index (κ2) is 8.71. The van der Waals surface area contributed by atoms with Crippen LogP contribution >= 0.6 is 0 Å². The summed E-state index contributed by atoms with van der Waals surface area (Å²) in [5.41, 5.74) is 4.39. The predicted octanol–water partition coefficient (Wildman–Crippen LogP) is 3.61. The van der Waals surface area contributed by atoms with Crippen LogP contribution in [0.3, 0.4) is 0 Å². The number of esters is 1. The van der Waals surface area contributed by atoms with Gasteiger partial charge in [0.2, 0.25) is 0 Å². The maximum atomic E-state index is 12.2. The first-order chi connectivity index (χ1) is 13.1. The molecule has 0 saturated heterocycles. The average molecular weight is 367 g/mol. The lowest BCUT2D eigenvalue weighted by Gasteiger charge is -2.20. The van der Waals surface area contributed by atoms with Gasteiger partial charge in [-0.15, -0.1) is 0 Å². The van der Waals surface area contributed by atoms with Crippen molar-refractivity contribution in [3.05, 3.63) is 64.7 Å². The number of hydrogen-bond acceptors (Lipinski definition) is 4. The third kappa shape index (κ3) is 4.88. The minimum atomic E-state index is -0.404. The molecule has 0 spiro atoms. The van der Waals surface area contributed by atoms with Crippen molar-refractivity contribution in [2.75, 3.05) is 13.7 Å². The molecule has 1 aliphatic rings. The molecule has 0 saturated carbocycles. The molecule has 0 aliphatic heterocycles. The molecule has 0 bridgehead atoms. The summed E-state index contributed by atoms with van der Waals surface area (Å²) in [5.74, 6) is -0.0605. The molecule has 0 fully saturated rings. The average Bonchev–Trinajstić information content (AvgIpc) is 2.71. The predicted molar refractivity (Wildman–Crippen MR) is 103 cm³/mol. The van der Waals surface area contributed by atoms with Crippen molar-refractivity contribution in [2.24, 2.45) is 0 Å². The number of aryl methyl sites for hydroxylation is 2. The first-order valence-corrected chi connectivity index (χ1v) is 9.29. The van der Waals surface area contributed by atoms with E-state index in [1.165, 1.54) is 31.1 Å². The maximum absolute atomic E-state index is 12.2. The molecule has 1 N–H and O–H groups in total. The van der Waals surface area contributed by atoms with Gasteiger partial charge in [-0.25, -0.2) is 4.79 Å². The molecule has 2 aromatic carbocycles. The Morgan fingerprint density at radius 3 is 2.44 bits per heavy atom. The van der Waals surface area contributed by atoms with E-state index in [2.05, 4.69) is 28.3 Å². The minimum absolute atomic E-state index is 0.0740. The van der Waals surface area contributed by atoms with Crippen molar-refractivity contribution in [2.45, 2.75) is 38.6 Å². The summed E-state index contributed by atoms with van der Waals surface area (Å²) < 4.78 is 10.2. The molecule has 0 heterocycles. The van der Waals surface area contributed by atoms with Crippen molar-refractivity contribution < 1.29 is 19.1 Å². The van der Waals surface area contributed by atoms with Gasteiger partial charge in [-0.1, -0.05) is 18.2 Å². The molecule has 5 heteroatoms. The summed E-state index contributed by atoms with van der Waals surface area (Å²) in [6.07, 6.45) is 4.77. The number of carbonyl (C=O) groups excluding carboxylic acids is 2. The number of benzene rings is 2. The largest absolute Gasteiger partial charge is 0.484 e. The fourth-order valence-corrected chi connectivity index (χ4v) is 3.34. The van der Waals surface area contributed by atoms with Gasteiger partial charge in [0, 0.05) is 0 Å². The number of carbonyl (C=O) groups is 2. The van der Waals surface area contributed by atoms with Crippen LogP contribution in [0, 0.1) is 0 Å². The number of hydrogen-bond donors (Lipinski definition) is 1. The molecular weight excluding hydrogens is 342 g/mol. The summed E-state index contributed by atoms with van der Waals surface area (Å²) in [4.78, 5) is 23.6. The van der Waals surface area contributed by atoms with E-state index in [1.54, 1.807) is 24.3 Å².